The van der Waals surface area contributed by atoms with Crippen LogP contribution in [0.5, 0.6) is 11.5 Å². The molecule has 0 bridgehead atoms. The van der Waals surface area contributed by atoms with Gasteiger partial charge in [0.2, 0.25) is 0 Å². The number of nitrogens with zero attached hydrogens (tertiary/aromatic N) is 1. The van der Waals surface area contributed by atoms with E-state index in [0.717, 1.165) is 15.7 Å². The lowest BCUT2D eigenvalue weighted by Gasteiger charge is -2.19. The van der Waals surface area contributed by atoms with E-state index in [1.807, 2.05) is 17.5 Å². The standard InChI is InChI=1S/C12H14BrN3O2S/c1-17-9-4-3-7(12(18-2)10(9)13)11(16-14)8-5-19-6-15-8/h3-6,11,16H,14H2,1-2H3. The molecule has 0 aliphatic heterocycles. The van der Waals surface area contributed by atoms with Crippen molar-refractivity contribution in [2.24, 2.45) is 5.84 Å². The summed E-state index contributed by atoms with van der Waals surface area (Å²) in [6.45, 7) is 0. The van der Waals surface area contributed by atoms with E-state index in [1.54, 1.807) is 19.7 Å². The van der Waals surface area contributed by atoms with E-state index in [0.29, 0.717) is 11.5 Å². The van der Waals surface area contributed by atoms with Gasteiger partial charge < -0.3 is 9.47 Å². The topological polar surface area (TPSA) is 69.4 Å². The fourth-order valence-electron chi connectivity index (χ4n) is 1.84. The maximum Gasteiger partial charge on any atom is 0.142 e. The van der Waals surface area contributed by atoms with Crippen LogP contribution in [0.25, 0.3) is 0 Å². The number of halogens is 1. The summed E-state index contributed by atoms with van der Waals surface area (Å²) < 4.78 is 11.5. The van der Waals surface area contributed by atoms with Crippen molar-refractivity contribution in [2.75, 3.05) is 14.2 Å². The molecule has 1 aromatic heterocycles. The quantitative estimate of drug-likeness (QED) is 0.644. The molecule has 19 heavy (non-hydrogen) atoms. The Kier molecular flexibility index (Phi) is 4.76. The average molecular weight is 344 g/mol. The van der Waals surface area contributed by atoms with Gasteiger partial charge in [0.15, 0.2) is 0 Å². The molecule has 0 radical (unpaired) electrons. The summed E-state index contributed by atoms with van der Waals surface area (Å²) in [4.78, 5) is 4.29. The first kappa shape index (κ1) is 14.3. The van der Waals surface area contributed by atoms with Crippen LogP contribution in [0.15, 0.2) is 27.5 Å². The summed E-state index contributed by atoms with van der Waals surface area (Å²) in [5.41, 5.74) is 6.27. The molecule has 0 saturated carbocycles. The molecule has 7 heteroatoms. The van der Waals surface area contributed by atoms with Crippen molar-refractivity contribution in [2.45, 2.75) is 6.04 Å². The number of hydrazine groups is 1. The van der Waals surface area contributed by atoms with Gasteiger partial charge in [-0.2, -0.15) is 0 Å². The fraction of sp³-hybridized carbons (Fsp3) is 0.250. The number of benzene rings is 1. The molecule has 0 spiro atoms. The molecule has 0 fully saturated rings. The van der Waals surface area contributed by atoms with E-state index in [-0.39, 0.29) is 6.04 Å². The van der Waals surface area contributed by atoms with Gasteiger partial charge in [0.05, 0.1) is 31.5 Å². The van der Waals surface area contributed by atoms with Crippen molar-refractivity contribution in [3.63, 3.8) is 0 Å². The summed E-state index contributed by atoms with van der Waals surface area (Å²) in [5, 5.41) is 1.95. The van der Waals surface area contributed by atoms with Crippen molar-refractivity contribution >= 4 is 27.3 Å². The molecule has 0 aliphatic rings. The van der Waals surface area contributed by atoms with E-state index in [9.17, 15) is 0 Å². The van der Waals surface area contributed by atoms with Gasteiger partial charge in [-0.3, -0.25) is 5.84 Å². The van der Waals surface area contributed by atoms with Crippen molar-refractivity contribution in [3.05, 3.63) is 38.8 Å². The predicted octanol–water partition coefficient (Wildman–Crippen LogP) is 2.48. The van der Waals surface area contributed by atoms with Crippen LogP contribution in [0.2, 0.25) is 0 Å². The van der Waals surface area contributed by atoms with Crippen LogP contribution in [0.4, 0.5) is 0 Å². The van der Waals surface area contributed by atoms with E-state index >= 15 is 0 Å². The van der Waals surface area contributed by atoms with Gasteiger partial charge in [-0.25, -0.2) is 10.4 Å². The maximum atomic E-state index is 5.65. The molecule has 102 valence electrons. The van der Waals surface area contributed by atoms with Crippen LogP contribution in [-0.2, 0) is 0 Å². The predicted molar refractivity (Wildman–Crippen MR) is 78.5 cm³/mol. The number of methoxy groups -OCH3 is 2. The molecular weight excluding hydrogens is 330 g/mol. The molecule has 1 aromatic carbocycles. The second-order valence-electron chi connectivity index (χ2n) is 3.72. The summed E-state index contributed by atoms with van der Waals surface area (Å²) in [5.74, 6) is 7.03. The lowest BCUT2D eigenvalue weighted by atomic mass is 10.0. The average Bonchev–Trinajstić information content (AvgIpc) is 2.94. The monoisotopic (exact) mass is 343 g/mol. The van der Waals surface area contributed by atoms with Gasteiger partial charge in [-0.05, 0) is 28.1 Å². The SMILES string of the molecule is COc1ccc(C(NN)c2cscn2)c(OC)c1Br. The molecule has 2 rings (SSSR count). The number of nitrogens with two attached hydrogens (primary N) is 1. The third-order valence-electron chi connectivity index (χ3n) is 2.74. The van der Waals surface area contributed by atoms with Crippen molar-refractivity contribution < 1.29 is 9.47 Å². The van der Waals surface area contributed by atoms with Crippen LogP contribution in [0.1, 0.15) is 17.3 Å². The fourth-order valence-corrected chi connectivity index (χ4v) is 3.11. The molecule has 2 aromatic rings. The molecule has 0 saturated heterocycles. The number of aromatic nitrogens is 1. The maximum absolute atomic E-state index is 5.65. The number of hydrogen-bond donors (Lipinski definition) is 2. The first-order valence-corrected chi connectivity index (χ1v) is 7.21. The van der Waals surface area contributed by atoms with Crippen molar-refractivity contribution in [1.29, 1.82) is 0 Å². The van der Waals surface area contributed by atoms with Gasteiger partial charge in [-0.15, -0.1) is 11.3 Å². The van der Waals surface area contributed by atoms with E-state index in [4.69, 9.17) is 15.3 Å². The highest BCUT2D eigenvalue weighted by molar-refractivity contribution is 9.10. The third kappa shape index (κ3) is 2.74. The number of ether oxygens (including phenoxy) is 2. The summed E-state index contributed by atoms with van der Waals surface area (Å²) >= 11 is 5.00. The Morgan fingerprint density at radius 3 is 2.68 bits per heavy atom. The zero-order valence-electron chi connectivity index (χ0n) is 10.5. The van der Waals surface area contributed by atoms with Crippen molar-refractivity contribution in [1.82, 2.24) is 10.4 Å². The first-order chi connectivity index (χ1) is 9.22. The number of rotatable bonds is 5. The minimum atomic E-state index is -0.233. The molecule has 1 unspecified atom stereocenters. The molecule has 1 heterocycles. The molecule has 0 aliphatic carbocycles. The van der Waals surface area contributed by atoms with Crippen LogP contribution in [-0.4, -0.2) is 19.2 Å². The zero-order valence-corrected chi connectivity index (χ0v) is 12.9. The second-order valence-corrected chi connectivity index (χ2v) is 5.23. The Hall–Kier alpha value is -1.15. The van der Waals surface area contributed by atoms with E-state index in [1.165, 1.54) is 11.3 Å². The summed E-state index contributed by atoms with van der Waals surface area (Å²) in [6, 6.07) is 3.54. The Labute approximate surface area is 123 Å². The Balaban J connectivity index is 2.52. The van der Waals surface area contributed by atoms with Gasteiger partial charge in [-0.1, -0.05) is 0 Å². The summed E-state index contributed by atoms with van der Waals surface area (Å²) in [7, 11) is 3.22. The molecule has 3 N–H and O–H groups in total. The van der Waals surface area contributed by atoms with Crippen LogP contribution in [0.3, 0.4) is 0 Å². The third-order valence-corrected chi connectivity index (χ3v) is 4.10. The van der Waals surface area contributed by atoms with Gasteiger partial charge >= 0.3 is 0 Å². The van der Waals surface area contributed by atoms with Crippen molar-refractivity contribution in [3.8, 4) is 11.5 Å². The number of nitrogens with one attached hydrogen (secondary N) is 1. The molecular formula is C12H14BrN3O2S. The number of thiazole rings is 1. The number of hydrogen-bond acceptors (Lipinski definition) is 6. The van der Waals surface area contributed by atoms with Crippen LogP contribution in [0, 0.1) is 0 Å². The highest BCUT2D eigenvalue weighted by atomic mass is 79.9. The Bertz CT molecular complexity index is 548. The minimum Gasteiger partial charge on any atom is -0.495 e. The molecule has 0 amide bonds. The van der Waals surface area contributed by atoms with Gasteiger partial charge in [0.1, 0.15) is 16.0 Å². The van der Waals surface area contributed by atoms with Crippen LogP contribution >= 0.6 is 27.3 Å². The normalized spacial score (nSPS) is 12.2. The smallest absolute Gasteiger partial charge is 0.142 e. The summed E-state index contributed by atoms with van der Waals surface area (Å²) in [6.07, 6.45) is 0. The zero-order chi connectivity index (χ0) is 13.8. The van der Waals surface area contributed by atoms with Crippen LogP contribution < -0.4 is 20.7 Å². The molecule has 1 atom stereocenters. The largest absolute Gasteiger partial charge is 0.495 e. The second kappa shape index (κ2) is 6.33. The first-order valence-electron chi connectivity index (χ1n) is 5.47. The van der Waals surface area contributed by atoms with E-state index in [2.05, 4.69) is 26.3 Å². The molecule has 5 nitrogen and oxygen atoms in total. The van der Waals surface area contributed by atoms with E-state index < -0.39 is 0 Å². The minimum absolute atomic E-state index is 0.233. The van der Waals surface area contributed by atoms with Gasteiger partial charge in [0.25, 0.3) is 0 Å². The highest BCUT2D eigenvalue weighted by Crippen LogP contribution is 2.40. The lowest BCUT2D eigenvalue weighted by Crippen LogP contribution is -2.29. The lowest BCUT2D eigenvalue weighted by molar-refractivity contribution is 0.382. The highest BCUT2D eigenvalue weighted by Gasteiger charge is 2.22. The van der Waals surface area contributed by atoms with Gasteiger partial charge in [0, 0.05) is 10.9 Å². The Morgan fingerprint density at radius 2 is 2.16 bits per heavy atom. The Morgan fingerprint density at radius 1 is 1.37 bits per heavy atom.